The van der Waals surface area contributed by atoms with Gasteiger partial charge >= 0.3 is 0 Å². The van der Waals surface area contributed by atoms with Gasteiger partial charge in [-0.25, -0.2) is 0 Å². The van der Waals surface area contributed by atoms with Gasteiger partial charge in [-0.1, -0.05) is 13.0 Å². The molecule has 1 aromatic carbocycles. The maximum atomic E-state index is 12.0. The average Bonchev–Trinajstić information content (AvgIpc) is 2.39. The van der Waals surface area contributed by atoms with Gasteiger partial charge in [0, 0.05) is 15.7 Å². The van der Waals surface area contributed by atoms with Gasteiger partial charge in [0.05, 0.1) is 0 Å². The SMILES string of the molecule is CC(CC(=O)Nc1cccc(I)c1)C1CCCNC1.Cl. The highest BCUT2D eigenvalue weighted by atomic mass is 127. The van der Waals surface area contributed by atoms with Gasteiger partial charge < -0.3 is 10.6 Å². The summed E-state index contributed by atoms with van der Waals surface area (Å²) in [5, 5.41) is 6.40. The number of carbonyl (C=O) groups excluding carboxylic acids is 1. The molecule has 2 rings (SSSR count). The molecule has 5 heteroatoms. The summed E-state index contributed by atoms with van der Waals surface area (Å²) in [6.45, 7) is 4.36. The van der Waals surface area contributed by atoms with Crippen LogP contribution >= 0.6 is 35.0 Å². The van der Waals surface area contributed by atoms with Crippen molar-refractivity contribution < 1.29 is 4.79 Å². The molecule has 1 amide bonds. The molecule has 2 atom stereocenters. The van der Waals surface area contributed by atoms with Crippen LogP contribution in [0.3, 0.4) is 0 Å². The molecule has 2 unspecified atom stereocenters. The minimum atomic E-state index is 0. The molecule has 1 aromatic rings. The molecule has 3 nitrogen and oxygen atoms in total. The Morgan fingerprint density at radius 3 is 3.00 bits per heavy atom. The lowest BCUT2D eigenvalue weighted by molar-refractivity contribution is -0.117. The summed E-state index contributed by atoms with van der Waals surface area (Å²) < 4.78 is 1.14. The second-order valence-corrected chi connectivity index (χ2v) is 6.59. The summed E-state index contributed by atoms with van der Waals surface area (Å²) in [5.41, 5.74) is 0.894. The van der Waals surface area contributed by atoms with E-state index in [0.717, 1.165) is 22.3 Å². The minimum absolute atomic E-state index is 0. The molecule has 0 spiro atoms. The molecule has 0 bridgehead atoms. The highest BCUT2D eigenvalue weighted by molar-refractivity contribution is 14.1. The molecule has 0 radical (unpaired) electrons. The number of benzene rings is 1. The topological polar surface area (TPSA) is 41.1 Å². The maximum Gasteiger partial charge on any atom is 0.224 e. The monoisotopic (exact) mass is 408 g/mol. The first-order valence-corrected chi connectivity index (χ1v) is 7.99. The van der Waals surface area contributed by atoms with Crippen molar-refractivity contribution in [2.75, 3.05) is 18.4 Å². The summed E-state index contributed by atoms with van der Waals surface area (Å²) in [4.78, 5) is 12.0. The molecule has 0 aromatic heterocycles. The van der Waals surface area contributed by atoms with Gasteiger partial charge in [-0.3, -0.25) is 4.79 Å². The van der Waals surface area contributed by atoms with E-state index in [-0.39, 0.29) is 18.3 Å². The van der Waals surface area contributed by atoms with E-state index in [2.05, 4.69) is 40.1 Å². The van der Waals surface area contributed by atoms with E-state index in [1.165, 1.54) is 12.8 Å². The van der Waals surface area contributed by atoms with Crippen LogP contribution in [0, 0.1) is 15.4 Å². The highest BCUT2D eigenvalue weighted by Crippen LogP contribution is 2.23. The first-order chi connectivity index (χ1) is 9.15. The van der Waals surface area contributed by atoms with E-state index in [9.17, 15) is 4.79 Å². The van der Waals surface area contributed by atoms with Crippen LogP contribution in [0.15, 0.2) is 24.3 Å². The third-order valence-corrected chi connectivity index (χ3v) is 4.43. The van der Waals surface area contributed by atoms with Crippen molar-refractivity contribution >= 4 is 46.6 Å². The van der Waals surface area contributed by atoms with Gasteiger partial charge in [-0.15, -0.1) is 12.4 Å². The van der Waals surface area contributed by atoms with Crippen molar-refractivity contribution in [3.63, 3.8) is 0 Å². The zero-order valence-corrected chi connectivity index (χ0v) is 14.7. The van der Waals surface area contributed by atoms with E-state index >= 15 is 0 Å². The Hall–Kier alpha value is -0.330. The number of halogens is 2. The number of rotatable bonds is 4. The molecule has 1 heterocycles. The number of carbonyl (C=O) groups is 1. The van der Waals surface area contributed by atoms with E-state index in [1.54, 1.807) is 0 Å². The Kier molecular flexibility index (Phi) is 7.84. The molecule has 1 aliphatic rings. The molecule has 0 saturated carbocycles. The largest absolute Gasteiger partial charge is 0.326 e. The van der Waals surface area contributed by atoms with Crippen molar-refractivity contribution in [3.05, 3.63) is 27.8 Å². The van der Waals surface area contributed by atoms with Gasteiger partial charge in [0.25, 0.3) is 0 Å². The normalized spacial score (nSPS) is 19.8. The van der Waals surface area contributed by atoms with Crippen molar-refractivity contribution in [1.29, 1.82) is 0 Å². The van der Waals surface area contributed by atoms with Gasteiger partial charge in [0.2, 0.25) is 5.91 Å². The van der Waals surface area contributed by atoms with E-state index in [0.29, 0.717) is 18.3 Å². The predicted octanol–water partition coefficient (Wildman–Crippen LogP) is 3.68. The second-order valence-electron chi connectivity index (χ2n) is 5.35. The molecule has 20 heavy (non-hydrogen) atoms. The van der Waals surface area contributed by atoms with E-state index < -0.39 is 0 Å². The molecule has 1 saturated heterocycles. The van der Waals surface area contributed by atoms with Crippen LogP contribution in [-0.4, -0.2) is 19.0 Å². The summed E-state index contributed by atoms with van der Waals surface area (Å²) in [7, 11) is 0. The number of amides is 1. The van der Waals surface area contributed by atoms with Crippen molar-refractivity contribution in [3.8, 4) is 0 Å². The Balaban J connectivity index is 0.00000200. The number of hydrogen-bond donors (Lipinski definition) is 2. The van der Waals surface area contributed by atoms with Crippen molar-refractivity contribution in [1.82, 2.24) is 5.32 Å². The summed E-state index contributed by atoms with van der Waals surface area (Å²) in [5.74, 6) is 1.20. The number of nitrogens with one attached hydrogen (secondary N) is 2. The number of anilines is 1. The van der Waals surface area contributed by atoms with E-state index in [1.807, 2.05) is 24.3 Å². The highest BCUT2D eigenvalue weighted by Gasteiger charge is 2.21. The third kappa shape index (κ3) is 5.58. The fourth-order valence-electron chi connectivity index (χ4n) is 2.60. The van der Waals surface area contributed by atoms with Crippen LogP contribution < -0.4 is 10.6 Å². The molecular formula is C15H22ClIN2O. The van der Waals surface area contributed by atoms with Crippen LogP contribution in [0.1, 0.15) is 26.2 Å². The zero-order chi connectivity index (χ0) is 13.7. The Labute approximate surface area is 140 Å². The average molecular weight is 409 g/mol. The van der Waals surface area contributed by atoms with Crippen molar-refractivity contribution in [2.24, 2.45) is 11.8 Å². The first-order valence-electron chi connectivity index (χ1n) is 6.91. The van der Waals surface area contributed by atoms with Gasteiger partial charge in [-0.05, 0) is 78.6 Å². The summed E-state index contributed by atoms with van der Waals surface area (Å²) >= 11 is 2.25. The minimum Gasteiger partial charge on any atom is -0.326 e. The first kappa shape index (κ1) is 17.7. The molecule has 1 fully saturated rings. The zero-order valence-electron chi connectivity index (χ0n) is 11.7. The lowest BCUT2D eigenvalue weighted by Crippen LogP contribution is -2.34. The lowest BCUT2D eigenvalue weighted by atomic mass is 9.85. The lowest BCUT2D eigenvalue weighted by Gasteiger charge is -2.28. The maximum absolute atomic E-state index is 12.0. The number of piperidine rings is 1. The standard InChI is InChI=1S/C15H21IN2O.ClH/c1-11(12-4-3-7-17-10-12)8-15(19)18-14-6-2-5-13(16)9-14;/h2,5-6,9,11-12,17H,3-4,7-8,10H2,1H3,(H,18,19);1H. The van der Waals surface area contributed by atoms with E-state index in [4.69, 9.17) is 0 Å². The van der Waals surface area contributed by atoms with Crippen LogP contribution in [0.2, 0.25) is 0 Å². The van der Waals surface area contributed by atoms with Gasteiger partial charge in [0.15, 0.2) is 0 Å². The van der Waals surface area contributed by atoms with Crippen LogP contribution in [0.5, 0.6) is 0 Å². The van der Waals surface area contributed by atoms with Gasteiger partial charge in [-0.2, -0.15) is 0 Å². The predicted molar refractivity (Wildman–Crippen MR) is 94.4 cm³/mol. The third-order valence-electron chi connectivity index (χ3n) is 3.76. The summed E-state index contributed by atoms with van der Waals surface area (Å²) in [6.07, 6.45) is 3.08. The molecule has 2 N–H and O–H groups in total. The van der Waals surface area contributed by atoms with Crippen molar-refractivity contribution in [2.45, 2.75) is 26.2 Å². The van der Waals surface area contributed by atoms with Crippen LogP contribution in [0.25, 0.3) is 0 Å². The molecule has 1 aliphatic heterocycles. The smallest absolute Gasteiger partial charge is 0.224 e. The fraction of sp³-hybridized carbons (Fsp3) is 0.533. The fourth-order valence-corrected chi connectivity index (χ4v) is 3.14. The van der Waals surface area contributed by atoms with Gasteiger partial charge in [0.1, 0.15) is 0 Å². The van der Waals surface area contributed by atoms with Crippen LogP contribution in [0.4, 0.5) is 5.69 Å². The molecule has 0 aliphatic carbocycles. The Bertz CT molecular complexity index is 436. The quantitative estimate of drug-likeness (QED) is 0.746. The molecular weight excluding hydrogens is 387 g/mol. The molecule has 112 valence electrons. The second kappa shape index (κ2) is 8.85. The van der Waals surface area contributed by atoms with Crippen LogP contribution in [-0.2, 0) is 4.79 Å². The summed E-state index contributed by atoms with van der Waals surface area (Å²) in [6, 6.07) is 7.91. The Morgan fingerprint density at radius 2 is 2.35 bits per heavy atom. The number of hydrogen-bond acceptors (Lipinski definition) is 2. The Morgan fingerprint density at radius 1 is 1.55 bits per heavy atom.